The van der Waals surface area contributed by atoms with Crippen LogP contribution in [0.3, 0.4) is 0 Å². The van der Waals surface area contributed by atoms with Crippen molar-refractivity contribution < 1.29 is 9.53 Å². The number of esters is 1. The van der Waals surface area contributed by atoms with E-state index in [9.17, 15) is 4.79 Å². The lowest BCUT2D eigenvalue weighted by molar-refractivity contribution is -0.142. The summed E-state index contributed by atoms with van der Waals surface area (Å²) in [5.74, 6) is 0.425. The number of piperazine rings is 1. The summed E-state index contributed by atoms with van der Waals surface area (Å²) in [6.45, 7) is 6.67. The number of ether oxygens (including phenoxy) is 1. The number of carbonyl (C=O) groups excluding carboxylic acids is 1. The Hall–Kier alpha value is -2.08. The molecule has 6 heteroatoms. The molecule has 6 nitrogen and oxygen atoms in total. The molecule has 134 valence electrons. The summed E-state index contributed by atoms with van der Waals surface area (Å²) in [6.07, 6.45) is 4.35. The van der Waals surface area contributed by atoms with Crippen LogP contribution in [0, 0.1) is 0 Å². The second kappa shape index (κ2) is 7.04. The minimum atomic E-state index is -0.242. The Kier molecular flexibility index (Phi) is 4.61. The van der Waals surface area contributed by atoms with Crippen molar-refractivity contribution in [1.29, 1.82) is 0 Å². The number of anilines is 1. The van der Waals surface area contributed by atoms with Crippen LogP contribution in [0.15, 0.2) is 18.2 Å². The number of fused-ring (bicyclic) bond motifs is 1. The zero-order chi connectivity index (χ0) is 17.2. The van der Waals surface area contributed by atoms with Crippen molar-refractivity contribution in [3.63, 3.8) is 0 Å². The highest BCUT2D eigenvalue weighted by Gasteiger charge is 2.28. The first-order chi connectivity index (χ1) is 12.2. The van der Waals surface area contributed by atoms with Crippen LogP contribution in [0.1, 0.15) is 32.0 Å². The van der Waals surface area contributed by atoms with Crippen LogP contribution in [0.2, 0.25) is 0 Å². The Morgan fingerprint density at radius 3 is 2.76 bits per heavy atom. The molecular weight excluding hydrogens is 316 g/mol. The van der Waals surface area contributed by atoms with Crippen molar-refractivity contribution in [2.45, 2.75) is 38.6 Å². The van der Waals surface area contributed by atoms with Crippen molar-refractivity contribution in [2.75, 3.05) is 37.7 Å². The zero-order valence-electron chi connectivity index (χ0n) is 14.8. The molecule has 0 amide bonds. The average molecular weight is 342 g/mol. The van der Waals surface area contributed by atoms with Gasteiger partial charge in [-0.05, 0) is 38.0 Å². The molecule has 1 aliphatic heterocycles. The molecule has 1 saturated carbocycles. The zero-order valence-corrected chi connectivity index (χ0v) is 14.8. The Bertz CT molecular complexity index is 745. The van der Waals surface area contributed by atoms with E-state index in [2.05, 4.69) is 31.9 Å². The van der Waals surface area contributed by atoms with Crippen molar-refractivity contribution in [2.24, 2.45) is 0 Å². The van der Waals surface area contributed by atoms with Crippen LogP contribution in [-0.4, -0.2) is 59.7 Å². The molecule has 0 unspecified atom stereocenters. The third kappa shape index (κ3) is 3.49. The standard InChI is InChI=1S/C19H26N4O2/c1-2-25-19(24)13-18-20-16-7-6-15(12-17(16)21-18)23-10-8-22(9-11-23)14-4-3-5-14/h6-7,12,14H,2-5,8-11,13H2,1H3,(H,20,21). The van der Waals surface area contributed by atoms with Crippen molar-refractivity contribution in [1.82, 2.24) is 14.9 Å². The van der Waals surface area contributed by atoms with E-state index in [1.54, 1.807) is 0 Å². The van der Waals surface area contributed by atoms with Gasteiger partial charge in [-0.3, -0.25) is 9.69 Å². The molecule has 25 heavy (non-hydrogen) atoms. The molecule has 2 aliphatic rings. The van der Waals surface area contributed by atoms with E-state index in [0.29, 0.717) is 12.4 Å². The van der Waals surface area contributed by atoms with Gasteiger partial charge in [-0.2, -0.15) is 0 Å². The number of rotatable bonds is 5. The summed E-state index contributed by atoms with van der Waals surface area (Å²) >= 11 is 0. The number of hydrogen-bond donors (Lipinski definition) is 1. The highest BCUT2D eigenvalue weighted by molar-refractivity contribution is 5.81. The van der Waals surface area contributed by atoms with E-state index >= 15 is 0 Å². The SMILES string of the molecule is CCOC(=O)Cc1nc2ccc(N3CCN(C4CCC4)CC3)cc2[nH]1. The summed E-state index contributed by atoms with van der Waals surface area (Å²) in [6, 6.07) is 7.16. The monoisotopic (exact) mass is 342 g/mol. The van der Waals surface area contributed by atoms with Crippen LogP contribution < -0.4 is 4.90 Å². The second-order valence-corrected chi connectivity index (χ2v) is 6.97. The third-order valence-electron chi connectivity index (χ3n) is 5.40. The normalized spacial score (nSPS) is 19.2. The number of nitrogens with one attached hydrogen (secondary N) is 1. The predicted molar refractivity (Wildman–Crippen MR) is 97.9 cm³/mol. The maximum absolute atomic E-state index is 11.6. The molecule has 1 aromatic heterocycles. The fraction of sp³-hybridized carbons (Fsp3) is 0.579. The van der Waals surface area contributed by atoms with E-state index < -0.39 is 0 Å². The first-order valence-electron chi connectivity index (χ1n) is 9.36. The van der Waals surface area contributed by atoms with Gasteiger partial charge in [-0.1, -0.05) is 6.42 Å². The van der Waals surface area contributed by atoms with E-state index in [-0.39, 0.29) is 12.4 Å². The predicted octanol–water partition coefficient (Wildman–Crippen LogP) is 2.34. The fourth-order valence-electron chi connectivity index (χ4n) is 3.78. The van der Waals surface area contributed by atoms with Gasteiger partial charge in [0, 0.05) is 37.9 Å². The van der Waals surface area contributed by atoms with Crippen LogP contribution in [0.4, 0.5) is 5.69 Å². The molecule has 2 aromatic rings. The van der Waals surface area contributed by atoms with Gasteiger partial charge in [0.05, 0.1) is 17.6 Å². The van der Waals surface area contributed by atoms with Gasteiger partial charge in [0.15, 0.2) is 0 Å². The van der Waals surface area contributed by atoms with Gasteiger partial charge in [-0.25, -0.2) is 4.98 Å². The molecule has 0 spiro atoms. The molecule has 1 aromatic carbocycles. The maximum Gasteiger partial charge on any atom is 0.313 e. The summed E-state index contributed by atoms with van der Waals surface area (Å²) in [5.41, 5.74) is 3.11. The molecule has 0 bridgehead atoms. The van der Waals surface area contributed by atoms with Gasteiger partial charge in [-0.15, -0.1) is 0 Å². The Labute approximate surface area is 148 Å². The maximum atomic E-state index is 11.6. The number of H-pyrrole nitrogens is 1. The van der Waals surface area contributed by atoms with Crippen molar-refractivity contribution in [3.8, 4) is 0 Å². The van der Waals surface area contributed by atoms with Crippen LogP contribution in [0.25, 0.3) is 11.0 Å². The number of nitrogens with zero attached hydrogens (tertiary/aromatic N) is 3. The highest BCUT2D eigenvalue weighted by atomic mass is 16.5. The van der Waals surface area contributed by atoms with Gasteiger partial charge < -0.3 is 14.6 Å². The number of aromatic amines is 1. The number of benzene rings is 1. The van der Waals surface area contributed by atoms with Crippen molar-refractivity contribution in [3.05, 3.63) is 24.0 Å². The number of hydrogen-bond acceptors (Lipinski definition) is 5. The first-order valence-corrected chi connectivity index (χ1v) is 9.36. The average Bonchev–Trinajstić information content (AvgIpc) is 2.95. The van der Waals surface area contributed by atoms with Gasteiger partial charge in [0.25, 0.3) is 0 Å². The fourth-order valence-corrected chi connectivity index (χ4v) is 3.78. The van der Waals surface area contributed by atoms with E-state index in [0.717, 1.165) is 43.3 Å². The van der Waals surface area contributed by atoms with Crippen LogP contribution in [-0.2, 0) is 16.0 Å². The molecular formula is C19H26N4O2. The largest absolute Gasteiger partial charge is 0.466 e. The molecule has 4 rings (SSSR count). The lowest BCUT2D eigenvalue weighted by Gasteiger charge is -2.43. The lowest BCUT2D eigenvalue weighted by atomic mass is 9.91. The van der Waals surface area contributed by atoms with Crippen molar-refractivity contribution >= 4 is 22.7 Å². The Morgan fingerprint density at radius 1 is 1.28 bits per heavy atom. The summed E-state index contributed by atoms with van der Waals surface area (Å²) < 4.78 is 4.99. The molecule has 1 N–H and O–H groups in total. The minimum Gasteiger partial charge on any atom is -0.466 e. The molecule has 2 fully saturated rings. The van der Waals surface area contributed by atoms with E-state index in [1.807, 2.05) is 13.0 Å². The van der Waals surface area contributed by atoms with E-state index in [4.69, 9.17) is 4.74 Å². The number of carbonyl (C=O) groups is 1. The Morgan fingerprint density at radius 2 is 2.08 bits per heavy atom. The second-order valence-electron chi connectivity index (χ2n) is 6.97. The molecule has 2 heterocycles. The lowest BCUT2D eigenvalue weighted by Crippen LogP contribution is -2.52. The molecule has 0 radical (unpaired) electrons. The number of aromatic nitrogens is 2. The first kappa shape index (κ1) is 16.4. The molecule has 1 aliphatic carbocycles. The van der Waals surface area contributed by atoms with E-state index in [1.165, 1.54) is 24.9 Å². The minimum absolute atomic E-state index is 0.192. The van der Waals surface area contributed by atoms with Crippen LogP contribution in [0.5, 0.6) is 0 Å². The van der Waals surface area contributed by atoms with Crippen LogP contribution >= 0.6 is 0 Å². The summed E-state index contributed by atoms with van der Waals surface area (Å²) in [7, 11) is 0. The molecule has 0 atom stereocenters. The Balaban J connectivity index is 1.43. The summed E-state index contributed by atoms with van der Waals surface area (Å²) in [4.78, 5) is 24.5. The highest BCUT2D eigenvalue weighted by Crippen LogP contribution is 2.27. The van der Waals surface area contributed by atoms with Gasteiger partial charge in [0.2, 0.25) is 0 Å². The summed E-state index contributed by atoms with van der Waals surface area (Å²) in [5, 5.41) is 0. The smallest absolute Gasteiger partial charge is 0.313 e. The third-order valence-corrected chi connectivity index (χ3v) is 5.40. The quantitative estimate of drug-likeness (QED) is 0.845. The number of imidazole rings is 1. The van der Waals surface area contributed by atoms with Gasteiger partial charge >= 0.3 is 5.97 Å². The topological polar surface area (TPSA) is 61.5 Å². The molecule has 1 saturated heterocycles. The van der Waals surface area contributed by atoms with Gasteiger partial charge in [0.1, 0.15) is 12.2 Å².